The zero-order valence-electron chi connectivity index (χ0n) is 7.79. The number of rotatable bonds is 5. The highest BCUT2D eigenvalue weighted by Gasteiger charge is 1.96. The van der Waals surface area contributed by atoms with E-state index in [0.717, 1.165) is 25.3 Å². The van der Waals surface area contributed by atoms with Crippen LogP contribution in [0.25, 0.3) is 0 Å². The highest BCUT2D eigenvalue weighted by Crippen LogP contribution is 2.08. The van der Waals surface area contributed by atoms with Gasteiger partial charge in [0.05, 0.1) is 19.0 Å². The Balaban J connectivity index is 2.31. The molecule has 1 aromatic rings. The molecule has 0 aliphatic carbocycles. The molecule has 0 radical (unpaired) electrons. The minimum atomic E-state index is 0.798. The van der Waals surface area contributed by atoms with Gasteiger partial charge in [-0.15, -0.1) is 0 Å². The van der Waals surface area contributed by atoms with Gasteiger partial charge in [0.15, 0.2) is 5.75 Å². The molecule has 0 aliphatic heterocycles. The fraction of sp³-hybridized carbons (Fsp3) is 0.667. The summed E-state index contributed by atoms with van der Waals surface area (Å²) in [5.74, 6) is 0.880. The van der Waals surface area contributed by atoms with Crippen LogP contribution in [0.2, 0.25) is 0 Å². The van der Waals surface area contributed by atoms with Crippen molar-refractivity contribution in [1.29, 1.82) is 0 Å². The summed E-state index contributed by atoms with van der Waals surface area (Å²) in [6, 6.07) is 0. The van der Waals surface area contributed by atoms with Crippen LogP contribution >= 0.6 is 0 Å². The molecular formula is C9H16N2O. The van der Waals surface area contributed by atoms with Crippen molar-refractivity contribution in [2.75, 3.05) is 6.61 Å². The second-order valence-electron chi connectivity index (χ2n) is 2.73. The van der Waals surface area contributed by atoms with Crippen LogP contribution in [-0.4, -0.2) is 16.4 Å². The van der Waals surface area contributed by atoms with E-state index in [-0.39, 0.29) is 0 Å². The maximum atomic E-state index is 5.45. The van der Waals surface area contributed by atoms with E-state index in [0.29, 0.717) is 0 Å². The van der Waals surface area contributed by atoms with Crippen molar-refractivity contribution in [3.8, 4) is 5.75 Å². The van der Waals surface area contributed by atoms with Crippen molar-refractivity contribution in [3.63, 3.8) is 0 Å². The summed E-state index contributed by atoms with van der Waals surface area (Å²) in [4.78, 5) is 0. The molecule has 1 heterocycles. The minimum Gasteiger partial charge on any atom is -0.490 e. The summed E-state index contributed by atoms with van der Waals surface area (Å²) < 4.78 is 7.31. The molecule has 0 aliphatic rings. The highest BCUT2D eigenvalue weighted by atomic mass is 16.5. The lowest BCUT2D eigenvalue weighted by atomic mass is 10.4. The molecule has 0 saturated heterocycles. The lowest BCUT2D eigenvalue weighted by Crippen LogP contribution is -1.95. The Morgan fingerprint density at radius 3 is 2.92 bits per heavy atom. The second kappa shape index (κ2) is 4.80. The van der Waals surface area contributed by atoms with E-state index < -0.39 is 0 Å². The van der Waals surface area contributed by atoms with Gasteiger partial charge in [0.2, 0.25) is 0 Å². The van der Waals surface area contributed by atoms with Crippen LogP contribution < -0.4 is 4.74 Å². The van der Waals surface area contributed by atoms with Crippen molar-refractivity contribution >= 4 is 0 Å². The number of hydrogen-bond donors (Lipinski definition) is 0. The minimum absolute atomic E-state index is 0.798. The lowest BCUT2D eigenvalue weighted by Gasteiger charge is -1.99. The number of unbranched alkanes of at least 4 members (excludes halogenated alkanes) is 1. The van der Waals surface area contributed by atoms with Crippen molar-refractivity contribution in [2.45, 2.75) is 33.2 Å². The summed E-state index contributed by atoms with van der Waals surface area (Å²) in [5.41, 5.74) is 0. The van der Waals surface area contributed by atoms with Crippen LogP contribution in [0.15, 0.2) is 12.4 Å². The predicted octanol–water partition coefficient (Wildman–Crippen LogP) is 2.08. The van der Waals surface area contributed by atoms with Gasteiger partial charge in [0, 0.05) is 6.54 Å². The zero-order valence-corrected chi connectivity index (χ0v) is 7.79. The topological polar surface area (TPSA) is 27.1 Å². The number of aryl methyl sites for hydroxylation is 1. The molecule has 0 aromatic carbocycles. The lowest BCUT2D eigenvalue weighted by molar-refractivity contribution is 0.309. The summed E-state index contributed by atoms with van der Waals surface area (Å²) in [5, 5.41) is 4.11. The standard InChI is InChI=1S/C9H16N2O/c1-3-5-6-12-9-7-10-11(4-2)8-9/h7-8H,3-6H2,1-2H3. The average Bonchev–Trinajstić information content (AvgIpc) is 2.53. The molecule has 68 valence electrons. The van der Waals surface area contributed by atoms with Gasteiger partial charge in [-0.25, -0.2) is 0 Å². The second-order valence-corrected chi connectivity index (χ2v) is 2.73. The summed E-state index contributed by atoms with van der Waals surface area (Å²) in [6.45, 7) is 5.91. The van der Waals surface area contributed by atoms with Crippen molar-refractivity contribution < 1.29 is 4.74 Å². The van der Waals surface area contributed by atoms with E-state index in [2.05, 4.69) is 18.9 Å². The van der Waals surface area contributed by atoms with Crippen molar-refractivity contribution in [2.24, 2.45) is 0 Å². The Bertz CT molecular complexity index is 220. The fourth-order valence-electron chi connectivity index (χ4n) is 0.926. The molecule has 0 spiro atoms. The van der Waals surface area contributed by atoms with Crippen molar-refractivity contribution in [1.82, 2.24) is 9.78 Å². The summed E-state index contributed by atoms with van der Waals surface area (Å²) in [7, 11) is 0. The maximum absolute atomic E-state index is 5.45. The van der Waals surface area contributed by atoms with E-state index in [1.54, 1.807) is 6.20 Å². The Kier molecular flexibility index (Phi) is 3.64. The normalized spacial score (nSPS) is 10.2. The number of aromatic nitrogens is 2. The van der Waals surface area contributed by atoms with Gasteiger partial charge < -0.3 is 4.74 Å². The molecule has 0 amide bonds. The molecule has 12 heavy (non-hydrogen) atoms. The maximum Gasteiger partial charge on any atom is 0.157 e. The molecule has 0 bridgehead atoms. The monoisotopic (exact) mass is 168 g/mol. The molecule has 1 rings (SSSR count). The van der Waals surface area contributed by atoms with Crippen molar-refractivity contribution in [3.05, 3.63) is 12.4 Å². The Morgan fingerprint density at radius 2 is 2.33 bits per heavy atom. The van der Waals surface area contributed by atoms with Crippen LogP contribution in [0.4, 0.5) is 0 Å². The SMILES string of the molecule is CCCCOc1cnn(CC)c1. The molecular weight excluding hydrogens is 152 g/mol. The van der Waals surface area contributed by atoms with Gasteiger partial charge in [0.1, 0.15) is 0 Å². The van der Waals surface area contributed by atoms with Crippen LogP contribution in [0.5, 0.6) is 5.75 Å². The van der Waals surface area contributed by atoms with Crippen LogP contribution in [0.1, 0.15) is 26.7 Å². The molecule has 0 unspecified atom stereocenters. The molecule has 3 heteroatoms. The van der Waals surface area contributed by atoms with E-state index in [1.807, 2.05) is 10.9 Å². The molecule has 0 N–H and O–H groups in total. The fourth-order valence-corrected chi connectivity index (χ4v) is 0.926. The van der Waals surface area contributed by atoms with Gasteiger partial charge in [0.25, 0.3) is 0 Å². The number of hydrogen-bond acceptors (Lipinski definition) is 2. The van der Waals surface area contributed by atoms with Gasteiger partial charge in [-0.2, -0.15) is 5.10 Å². The third-order valence-electron chi connectivity index (χ3n) is 1.70. The third kappa shape index (κ3) is 2.57. The van der Waals surface area contributed by atoms with Gasteiger partial charge in [-0.3, -0.25) is 4.68 Å². The van der Waals surface area contributed by atoms with Gasteiger partial charge in [-0.05, 0) is 13.3 Å². The number of ether oxygens (including phenoxy) is 1. The predicted molar refractivity (Wildman–Crippen MR) is 48.3 cm³/mol. The van der Waals surface area contributed by atoms with Crippen LogP contribution in [0, 0.1) is 0 Å². The highest BCUT2D eigenvalue weighted by molar-refractivity contribution is 5.11. The van der Waals surface area contributed by atoms with Gasteiger partial charge in [-0.1, -0.05) is 13.3 Å². The van der Waals surface area contributed by atoms with Crippen LogP contribution in [-0.2, 0) is 6.54 Å². The first kappa shape index (κ1) is 9.10. The summed E-state index contributed by atoms with van der Waals surface area (Å²) >= 11 is 0. The molecule has 0 saturated carbocycles. The van der Waals surface area contributed by atoms with E-state index in [9.17, 15) is 0 Å². The van der Waals surface area contributed by atoms with E-state index in [1.165, 1.54) is 6.42 Å². The largest absolute Gasteiger partial charge is 0.490 e. The Labute approximate surface area is 73.3 Å². The molecule has 0 atom stereocenters. The molecule has 0 fully saturated rings. The molecule has 3 nitrogen and oxygen atoms in total. The van der Waals surface area contributed by atoms with E-state index in [4.69, 9.17) is 4.74 Å². The Hall–Kier alpha value is -0.990. The first-order valence-electron chi connectivity index (χ1n) is 4.52. The number of nitrogens with zero attached hydrogens (tertiary/aromatic N) is 2. The first-order chi connectivity index (χ1) is 5.86. The zero-order chi connectivity index (χ0) is 8.81. The van der Waals surface area contributed by atoms with Gasteiger partial charge >= 0.3 is 0 Å². The average molecular weight is 168 g/mol. The quantitative estimate of drug-likeness (QED) is 0.629. The van der Waals surface area contributed by atoms with E-state index >= 15 is 0 Å². The van der Waals surface area contributed by atoms with Crippen LogP contribution in [0.3, 0.4) is 0 Å². The molecule has 1 aromatic heterocycles. The first-order valence-corrected chi connectivity index (χ1v) is 4.52. The summed E-state index contributed by atoms with van der Waals surface area (Å²) in [6.07, 6.45) is 5.97. The third-order valence-corrected chi connectivity index (χ3v) is 1.70. The Morgan fingerprint density at radius 1 is 1.50 bits per heavy atom. The smallest absolute Gasteiger partial charge is 0.157 e.